The third-order valence-corrected chi connectivity index (χ3v) is 3.04. The van der Waals surface area contributed by atoms with Gasteiger partial charge in [-0.25, -0.2) is 14.6 Å². The van der Waals surface area contributed by atoms with Gasteiger partial charge in [0.05, 0.1) is 18.9 Å². The molecule has 0 saturated heterocycles. The molecule has 24 heavy (non-hydrogen) atoms. The van der Waals surface area contributed by atoms with Gasteiger partial charge in [0.15, 0.2) is 12.3 Å². The van der Waals surface area contributed by atoms with Crippen LogP contribution in [0.4, 0.5) is 5.69 Å². The SMILES string of the molecule is COC(=O)c1ccc(C)c(NC(=O)COC(=O)c2cnccn2)c1. The molecule has 0 unspecified atom stereocenters. The Morgan fingerprint density at radius 2 is 1.96 bits per heavy atom. The average Bonchev–Trinajstić information content (AvgIpc) is 2.61. The Labute approximate surface area is 137 Å². The highest BCUT2D eigenvalue weighted by Gasteiger charge is 2.13. The van der Waals surface area contributed by atoms with Crippen molar-refractivity contribution in [2.45, 2.75) is 6.92 Å². The minimum Gasteiger partial charge on any atom is -0.465 e. The van der Waals surface area contributed by atoms with E-state index in [-0.39, 0.29) is 5.69 Å². The molecule has 8 nitrogen and oxygen atoms in total. The fourth-order valence-electron chi connectivity index (χ4n) is 1.80. The molecule has 0 fully saturated rings. The fourth-order valence-corrected chi connectivity index (χ4v) is 1.80. The normalized spacial score (nSPS) is 9.92. The Morgan fingerprint density at radius 1 is 1.17 bits per heavy atom. The number of aryl methyl sites for hydroxylation is 1. The van der Waals surface area contributed by atoms with Gasteiger partial charge in [0, 0.05) is 18.1 Å². The quantitative estimate of drug-likeness (QED) is 0.825. The summed E-state index contributed by atoms with van der Waals surface area (Å²) in [6.07, 6.45) is 4.00. The molecule has 2 rings (SSSR count). The van der Waals surface area contributed by atoms with Crippen LogP contribution in [-0.4, -0.2) is 41.5 Å². The standard InChI is InChI=1S/C16H15N3O5/c1-10-3-4-11(15(21)23-2)7-12(10)19-14(20)9-24-16(22)13-8-17-5-6-18-13/h3-8H,9H2,1-2H3,(H,19,20). The highest BCUT2D eigenvalue weighted by molar-refractivity contribution is 5.97. The number of anilines is 1. The zero-order chi connectivity index (χ0) is 17.5. The predicted molar refractivity (Wildman–Crippen MR) is 83.5 cm³/mol. The van der Waals surface area contributed by atoms with Crippen molar-refractivity contribution in [3.05, 3.63) is 53.6 Å². The van der Waals surface area contributed by atoms with Crippen molar-refractivity contribution in [3.8, 4) is 0 Å². The number of nitrogens with one attached hydrogen (secondary N) is 1. The number of benzene rings is 1. The summed E-state index contributed by atoms with van der Waals surface area (Å²) in [6, 6.07) is 4.75. The lowest BCUT2D eigenvalue weighted by Crippen LogP contribution is -2.22. The molecule has 0 aliphatic rings. The molecule has 0 spiro atoms. The van der Waals surface area contributed by atoms with Crippen molar-refractivity contribution in [1.82, 2.24) is 9.97 Å². The Balaban J connectivity index is 1.97. The summed E-state index contributed by atoms with van der Waals surface area (Å²) in [5, 5.41) is 2.58. The van der Waals surface area contributed by atoms with Gasteiger partial charge in [-0.05, 0) is 24.6 Å². The maximum absolute atomic E-state index is 11.9. The van der Waals surface area contributed by atoms with Crippen molar-refractivity contribution in [3.63, 3.8) is 0 Å². The molecule has 124 valence electrons. The van der Waals surface area contributed by atoms with E-state index in [1.807, 2.05) is 0 Å². The predicted octanol–water partition coefficient (Wildman–Crippen LogP) is 1.37. The first-order valence-corrected chi connectivity index (χ1v) is 6.93. The van der Waals surface area contributed by atoms with Gasteiger partial charge in [-0.1, -0.05) is 6.07 Å². The van der Waals surface area contributed by atoms with Gasteiger partial charge in [-0.15, -0.1) is 0 Å². The molecule has 0 aliphatic heterocycles. The molecule has 0 saturated carbocycles. The molecule has 0 atom stereocenters. The molecule has 8 heteroatoms. The first-order chi connectivity index (χ1) is 11.5. The largest absolute Gasteiger partial charge is 0.465 e. The number of carbonyl (C=O) groups is 3. The van der Waals surface area contributed by atoms with Gasteiger partial charge in [-0.3, -0.25) is 9.78 Å². The van der Waals surface area contributed by atoms with Crippen LogP contribution in [0.15, 0.2) is 36.8 Å². The second-order valence-electron chi connectivity index (χ2n) is 4.74. The van der Waals surface area contributed by atoms with Crippen molar-refractivity contribution < 1.29 is 23.9 Å². The molecule has 1 aromatic heterocycles. The van der Waals surface area contributed by atoms with E-state index in [1.54, 1.807) is 19.1 Å². The summed E-state index contributed by atoms with van der Waals surface area (Å²) in [6.45, 7) is 1.28. The molecule has 1 N–H and O–H groups in total. The molecule has 0 bridgehead atoms. The maximum atomic E-state index is 11.9. The van der Waals surface area contributed by atoms with E-state index in [0.717, 1.165) is 5.56 Å². The number of rotatable bonds is 5. The van der Waals surface area contributed by atoms with Crippen LogP contribution in [0.2, 0.25) is 0 Å². The van der Waals surface area contributed by atoms with E-state index < -0.39 is 24.5 Å². The molecule has 2 aromatic rings. The topological polar surface area (TPSA) is 107 Å². The summed E-state index contributed by atoms with van der Waals surface area (Å²) < 4.78 is 9.49. The summed E-state index contributed by atoms with van der Waals surface area (Å²) in [7, 11) is 1.27. The van der Waals surface area contributed by atoms with Crippen LogP contribution < -0.4 is 5.32 Å². The first kappa shape index (κ1) is 17.1. The van der Waals surface area contributed by atoms with Gasteiger partial charge in [-0.2, -0.15) is 0 Å². The number of hydrogen-bond acceptors (Lipinski definition) is 7. The number of ether oxygens (including phenoxy) is 2. The van der Waals surface area contributed by atoms with E-state index in [0.29, 0.717) is 11.3 Å². The second kappa shape index (κ2) is 7.82. The van der Waals surface area contributed by atoms with Crippen LogP contribution in [0.5, 0.6) is 0 Å². The minimum atomic E-state index is -0.752. The second-order valence-corrected chi connectivity index (χ2v) is 4.74. The number of methoxy groups -OCH3 is 1. The van der Waals surface area contributed by atoms with Gasteiger partial charge >= 0.3 is 11.9 Å². The fraction of sp³-hybridized carbons (Fsp3) is 0.188. The van der Waals surface area contributed by atoms with Crippen LogP contribution >= 0.6 is 0 Å². The smallest absolute Gasteiger partial charge is 0.359 e. The van der Waals surface area contributed by atoms with Crippen LogP contribution in [-0.2, 0) is 14.3 Å². The number of esters is 2. The number of amides is 1. The van der Waals surface area contributed by atoms with Crippen LogP contribution in [0.3, 0.4) is 0 Å². The number of carbonyl (C=O) groups excluding carboxylic acids is 3. The van der Waals surface area contributed by atoms with Gasteiger partial charge in [0.1, 0.15) is 0 Å². The Bertz CT molecular complexity index is 762. The minimum absolute atomic E-state index is 0.00849. The molecule has 1 aromatic carbocycles. The average molecular weight is 329 g/mol. The zero-order valence-electron chi connectivity index (χ0n) is 13.1. The van der Waals surface area contributed by atoms with E-state index in [4.69, 9.17) is 4.74 Å². The lowest BCUT2D eigenvalue weighted by Gasteiger charge is -2.10. The Morgan fingerprint density at radius 3 is 2.62 bits per heavy atom. The van der Waals surface area contributed by atoms with E-state index >= 15 is 0 Å². The van der Waals surface area contributed by atoms with E-state index in [9.17, 15) is 14.4 Å². The van der Waals surface area contributed by atoms with Gasteiger partial charge < -0.3 is 14.8 Å². The lowest BCUT2D eigenvalue weighted by atomic mass is 10.1. The van der Waals surface area contributed by atoms with Crippen LogP contribution in [0.25, 0.3) is 0 Å². The number of hydrogen-bond donors (Lipinski definition) is 1. The third kappa shape index (κ3) is 4.35. The van der Waals surface area contributed by atoms with Crippen LogP contribution in [0.1, 0.15) is 26.4 Å². The van der Waals surface area contributed by atoms with E-state index in [1.165, 1.54) is 31.8 Å². The Kier molecular flexibility index (Phi) is 5.56. The molecule has 1 heterocycles. The highest BCUT2D eigenvalue weighted by atomic mass is 16.5. The number of nitrogens with zero attached hydrogens (tertiary/aromatic N) is 2. The van der Waals surface area contributed by atoms with Crippen molar-refractivity contribution in [1.29, 1.82) is 0 Å². The molecule has 0 aliphatic carbocycles. The van der Waals surface area contributed by atoms with Crippen LogP contribution in [0, 0.1) is 6.92 Å². The summed E-state index contributed by atoms with van der Waals surface area (Å²) in [5.41, 5.74) is 1.49. The summed E-state index contributed by atoms with van der Waals surface area (Å²) in [5.74, 6) is -1.81. The molecule has 1 amide bonds. The maximum Gasteiger partial charge on any atom is 0.359 e. The lowest BCUT2D eigenvalue weighted by molar-refractivity contribution is -0.119. The zero-order valence-corrected chi connectivity index (χ0v) is 13.1. The van der Waals surface area contributed by atoms with Gasteiger partial charge in [0.2, 0.25) is 0 Å². The molecular formula is C16H15N3O5. The first-order valence-electron chi connectivity index (χ1n) is 6.93. The molecular weight excluding hydrogens is 314 g/mol. The van der Waals surface area contributed by atoms with Crippen molar-refractivity contribution in [2.75, 3.05) is 19.0 Å². The molecule has 0 radical (unpaired) electrons. The number of aromatic nitrogens is 2. The monoisotopic (exact) mass is 329 g/mol. The Hall–Kier alpha value is -3.29. The summed E-state index contributed by atoms with van der Waals surface area (Å²) >= 11 is 0. The van der Waals surface area contributed by atoms with E-state index in [2.05, 4.69) is 20.0 Å². The van der Waals surface area contributed by atoms with Crippen molar-refractivity contribution in [2.24, 2.45) is 0 Å². The van der Waals surface area contributed by atoms with Crippen molar-refractivity contribution >= 4 is 23.5 Å². The van der Waals surface area contributed by atoms with Gasteiger partial charge in [0.25, 0.3) is 5.91 Å². The summed E-state index contributed by atoms with van der Waals surface area (Å²) in [4.78, 5) is 42.6. The highest BCUT2D eigenvalue weighted by Crippen LogP contribution is 2.17. The third-order valence-electron chi connectivity index (χ3n) is 3.04.